The van der Waals surface area contributed by atoms with Crippen molar-refractivity contribution in [2.24, 2.45) is 12.8 Å². The summed E-state index contributed by atoms with van der Waals surface area (Å²) in [4.78, 5) is 31.1. The smallest absolute Gasteiger partial charge is 0.317 e. The molecule has 36 heavy (non-hydrogen) atoms. The Labute approximate surface area is 216 Å². The Morgan fingerprint density at radius 3 is 2.36 bits per heavy atom. The first-order valence-corrected chi connectivity index (χ1v) is 11.5. The van der Waals surface area contributed by atoms with Gasteiger partial charge in [0.1, 0.15) is 17.2 Å². The molecule has 2 aromatic carbocycles. The van der Waals surface area contributed by atoms with Crippen LogP contribution in [0.2, 0.25) is 0 Å². The second kappa shape index (κ2) is 11.9. The van der Waals surface area contributed by atoms with Crippen molar-refractivity contribution in [1.82, 2.24) is 19.8 Å². The predicted octanol–water partition coefficient (Wildman–Crippen LogP) is 2.65. The number of amidine groups is 1. The molecule has 3 rings (SSSR count). The van der Waals surface area contributed by atoms with Gasteiger partial charge in [0, 0.05) is 31.4 Å². The van der Waals surface area contributed by atoms with E-state index in [0.29, 0.717) is 36.3 Å². The minimum absolute atomic E-state index is 0. The van der Waals surface area contributed by atoms with E-state index in [9.17, 15) is 14.7 Å². The zero-order valence-corrected chi connectivity index (χ0v) is 21.8. The number of carbonyl (C=O) groups is 2. The number of imidazole rings is 1. The molecule has 1 unspecified atom stereocenters. The number of aryl methyl sites for hydroxylation is 1. The molecule has 0 aliphatic rings. The van der Waals surface area contributed by atoms with Crippen molar-refractivity contribution in [3.63, 3.8) is 0 Å². The maximum absolute atomic E-state index is 13.4. The number of carbonyl (C=O) groups excluding carboxylic acids is 1. The molecule has 3 aromatic rings. The molecule has 11 heteroatoms. The Morgan fingerprint density at radius 1 is 1.17 bits per heavy atom. The van der Waals surface area contributed by atoms with E-state index in [2.05, 4.69) is 10.6 Å². The summed E-state index contributed by atoms with van der Waals surface area (Å²) in [5, 5.41) is 23.0. The number of halogens is 1. The number of hydrogen-bond acceptors (Lipinski definition) is 6. The first kappa shape index (κ1) is 28.6. The molecule has 0 aliphatic heterocycles. The van der Waals surface area contributed by atoms with Crippen molar-refractivity contribution >= 4 is 46.8 Å². The van der Waals surface area contributed by atoms with Crippen LogP contribution < -0.4 is 16.4 Å². The lowest BCUT2D eigenvalue weighted by Gasteiger charge is -2.34. The van der Waals surface area contributed by atoms with Crippen LogP contribution in [0.3, 0.4) is 0 Å². The second-order valence-corrected chi connectivity index (χ2v) is 8.48. The molecule has 0 fully saturated rings. The minimum Gasteiger partial charge on any atom is -0.480 e. The highest BCUT2D eigenvalue weighted by Gasteiger charge is 2.38. The highest BCUT2D eigenvalue weighted by atomic mass is 35.5. The molecule has 0 spiro atoms. The lowest BCUT2D eigenvalue weighted by molar-refractivity contribution is -0.140. The minimum atomic E-state index is -1.22. The van der Waals surface area contributed by atoms with Crippen molar-refractivity contribution < 1.29 is 14.7 Å². The molecule has 1 amide bonds. The van der Waals surface area contributed by atoms with Crippen LogP contribution in [-0.2, 0) is 28.7 Å². The number of carboxylic acids is 1. The van der Waals surface area contributed by atoms with Crippen molar-refractivity contribution in [1.29, 1.82) is 5.41 Å². The maximum atomic E-state index is 13.4. The SMILES string of the molecule is CCN(CC)C(=O)C(C)(NCC(=O)O)c1ccc2c(c1)nc(CNc1ccc(C(=N)N)cc1)n2C.Cl. The Bertz CT molecular complexity index is 1240. The topological polar surface area (TPSA) is 149 Å². The van der Waals surface area contributed by atoms with E-state index in [1.54, 1.807) is 24.0 Å². The highest BCUT2D eigenvalue weighted by molar-refractivity contribution is 5.95. The Morgan fingerprint density at radius 2 is 1.81 bits per heavy atom. The van der Waals surface area contributed by atoms with Crippen molar-refractivity contribution in [3.05, 3.63) is 59.4 Å². The molecule has 10 nitrogen and oxygen atoms in total. The number of benzene rings is 2. The Kier molecular flexibility index (Phi) is 9.43. The highest BCUT2D eigenvalue weighted by Crippen LogP contribution is 2.28. The number of rotatable bonds is 11. The molecular formula is C25H34ClN7O3. The number of nitrogen functional groups attached to an aromatic ring is 1. The molecule has 6 N–H and O–H groups in total. The van der Waals surface area contributed by atoms with E-state index in [-0.39, 0.29) is 30.7 Å². The summed E-state index contributed by atoms with van der Waals surface area (Å²) in [6, 6.07) is 12.9. The van der Waals surface area contributed by atoms with Gasteiger partial charge in [0.2, 0.25) is 5.91 Å². The summed E-state index contributed by atoms with van der Waals surface area (Å²) in [5.74, 6) is -0.405. The van der Waals surface area contributed by atoms with Crippen LogP contribution in [0, 0.1) is 5.41 Å². The summed E-state index contributed by atoms with van der Waals surface area (Å²) >= 11 is 0. The van der Waals surface area contributed by atoms with Gasteiger partial charge in [0.05, 0.1) is 24.1 Å². The standard InChI is InChI=1S/C25H33N7O3.ClH/c1-5-32(6-2)24(35)25(3,29-15-22(33)34)17-9-12-20-19(13-17)30-21(31(20)4)14-28-18-10-7-16(8-11-18)23(26)27;/h7-13,28-29H,5-6,14-15H2,1-4H3,(H3,26,27)(H,33,34);1H. The number of aliphatic carboxylic acids is 1. The third-order valence-electron chi connectivity index (χ3n) is 6.27. The number of nitrogens with two attached hydrogens (primary N) is 1. The second-order valence-electron chi connectivity index (χ2n) is 8.48. The number of amides is 1. The Balaban J connectivity index is 0.00000456. The van der Waals surface area contributed by atoms with Crippen molar-refractivity contribution in [3.8, 4) is 0 Å². The summed E-state index contributed by atoms with van der Waals surface area (Å²) in [6.07, 6.45) is 0. The van der Waals surface area contributed by atoms with Gasteiger partial charge in [0.15, 0.2) is 0 Å². The average Bonchev–Trinajstić information content (AvgIpc) is 3.16. The van der Waals surface area contributed by atoms with Gasteiger partial charge in [-0.2, -0.15) is 0 Å². The molecule has 0 aliphatic carbocycles. The van der Waals surface area contributed by atoms with Gasteiger partial charge in [-0.15, -0.1) is 12.4 Å². The van der Waals surface area contributed by atoms with Crippen LogP contribution in [0.1, 0.15) is 37.7 Å². The fourth-order valence-electron chi connectivity index (χ4n) is 4.05. The monoisotopic (exact) mass is 515 g/mol. The summed E-state index contributed by atoms with van der Waals surface area (Å²) in [7, 11) is 1.92. The molecule has 0 radical (unpaired) electrons. The maximum Gasteiger partial charge on any atom is 0.317 e. The van der Waals surface area contributed by atoms with E-state index >= 15 is 0 Å². The number of anilines is 1. The first-order valence-electron chi connectivity index (χ1n) is 11.5. The number of nitrogens with zero attached hydrogens (tertiary/aromatic N) is 3. The number of carboxylic acid groups (broad SMARTS) is 1. The number of hydrogen-bond donors (Lipinski definition) is 5. The average molecular weight is 516 g/mol. The van der Waals surface area contributed by atoms with E-state index in [4.69, 9.17) is 16.1 Å². The predicted molar refractivity (Wildman–Crippen MR) is 144 cm³/mol. The number of likely N-dealkylation sites (N-methyl/N-ethyl adjacent to an activating group) is 1. The van der Waals surface area contributed by atoms with E-state index in [1.807, 2.05) is 55.8 Å². The van der Waals surface area contributed by atoms with Gasteiger partial charge >= 0.3 is 5.97 Å². The fourth-order valence-corrected chi connectivity index (χ4v) is 4.05. The third-order valence-corrected chi connectivity index (χ3v) is 6.27. The van der Waals surface area contributed by atoms with E-state index in [0.717, 1.165) is 17.0 Å². The van der Waals surface area contributed by atoms with Crippen LogP contribution in [0.15, 0.2) is 42.5 Å². The molecule has 1 aromatic heterocycles. The zero-order valence-electron chi connectivity index (χ0n) is 21.0. The summed E-state index contributed by atoms with van der Waals surface area (Å²) in [6.45, 7) is 6.67. The lowest BCUT2D eigenvalue weighted by atomic mass is 9.89. The van der Waals surface area contributed by atoms with Crippen LogP contribution in [0.25, 0.3) is 11.0 Å². The zero-order chi connectivity index (χ0) is 25.8. The van der Waals surface area contributed by atoms with Crippen LogP contribution >= 0.6 is 12.4 Å². The lowest BCUT2D eigenvalue weighted by Crippen LogP contribution is -2.54. The molecule has 1 heterocycles. The van der Waals surface area contributed by atoms with Gasteiger partial charge in [-0.25, -0.2) is 4.98 Å². The molecule has 1 atom stereocenters. The number of nitrogens with one attached hydrogen (secondary N) is 3. The molecule has 194 valence electrons. The van der Waals surface area contributed by atoms with Gasteiger partial charge in [-0.3, -0.25) is 20.3 Å². The van der Waals surface area contributed by atoms with Crippen LogP contribution in [-0.4, -0.2) is 56.9 Å². The van der Waals surface area contributed by atoms with Gasteiger partial charge in [-0.05, 0) is 62.7 Å². The first-order chi connectivity index (χ1) is 16.6. The largest absolute Gasteiger partial charge is 0.480 e. The third kappa shape index (κ3) is 5.95. The fraction of sp³-hybridized carbons (Fsp3) is 0.360. The van der Waals surface area contributed by atoms with Gasteiger partial charge in [-0.1, -0.05) is 6.07 Å². The van der Waals surface area contributed by atoms with Gasteiger partial charge < -0.3 is 25.6 Å². The number of aromatic nitrogens is 2. The van der Waals surface area contributed by atoms with E-state index < -0.39 is 11.5 Å². The molecule has 0 saturated carbocycles. The summed E-state index contributed by atoms with van der Waals surface area (Å²) < 4.78 is 1.98. The van der Waals surface area contributed by atoms with Crippen LogP contribution in [0.4, 0.5) is 5.69 Å². The molecule has 0 bridgehead atoms. The Hall–Kier alpha value is -3.63. The van der Waals surface area contributed by atoms with Gasteiger partial charge in [0.25, 0.3) is 0 Å². The normalized spacial score (nSPS) is 12.4. The molecule has 0 saturated heterocycles. The number of fused-ring (bicyclic) bond motifs is 1. The van der Waals surface area contributed by atoms with Crippen molar-refractivity contribution in [2.75, 3.05) is 25.0 Å². The summed E-state index contributed by atoms with van der Waals surface area (Å²) in [5.41, 5.74) is 8.09. The van der Waals surface area contributed by atoms with Crippen molar-refractivity contribution in [2.45, 2.75) is 32.9 Å². The van der Waals surface area contributed by atoms with Crippen LogP contribution in [0.5, 0.6) is 0 Å². The molecular weight excluding hydrogens is 482 g/mol. The van der Waals surface area contributed by atoms with E-state index in [1.165, 1.54) is 0 Å². The quantitative estimate of drug-likeness (QED) is 0.194.